The summed E-state index contributed by atoms with van der Waals surface area (Å²) in [5.41, 5.74) is 6.66. The molecule has 2 aliphatic rings. The summed E-state index contributed by atoms with van der Waals surface area (Å²) in [5.74, 6) is -0.156. The maximum atomic E-state index is 12.0. The molecule has 19 heavy (non-hydrogen) atoms. The van der Waals surface area contributed by atoms with E-state index in [2.05, 4.69) is 5.32 Å². The number of ketones is 2. The van der Waals surface area contributed by atoms with Crippen molar-refractivity contribution in [2.45, 2.75) is 39.2 Å². The van der Waals surface area contributed by atoms with Crippen LogP contribution in [0.2, 0.25) is 0 Å². The molecule has 0 amide bonds. The number of carbonyl (C=O) groups excluding carboxylic acids is 2. The van der Waals surface area contributed by atoms with Crippen molar-refractivity contribution in [3.63, 3.8) is 0 Å². The first-order valence-corrected chi connectivity index (χ1v) is 6.54. The third kappa shape index (κ3) is 3.41. The van der Waals surface area contributed by atoms with E-state index in [-0.39, 0.29) is 28.6 Å². The Hall–Kier alpha value is -1.68. The van der Waals surface area contributed by atoms with Crippen molar-refractivity contribution in [1.82, 2.24) is 5.32 Å². The number of rotatable bonds is 2. The van der Waals surface area contributed by atoms with Gasteiger partial charge in [0.2, 0.25) is 0 Å². The molecule has 1 saturated carbocycles. The van der Waals surface area contributed by atoms with Crippen LogP contribution in [-0.4, -0.2) is 17.6 Å². The van der Waals surface area contributed by atoms with Gasteiger partial charge in [0.25, 0.3) is 0 Å². The number of nitrogens with two attached hydrogens (primary N) is 1. The molecule has 0 heterocycles. The molecule has 1 fully saturated rings. The highest BCUT2D eigenvalue weighted by atomic mass is 16.1. The van der Waals surface area contributed by atoms with E-state index in [0.717, 1.165) is 12.1 Å². The molecule has 1 unspecified atom stereocenters. The molecule has 0 radical (unpaired) electrons. The lowest BCUT2D eigenvalue weighted by Gasteiger charge is -2.28. The monoisotopic (exact) mass is 260 g/mol. The van der Waals surface area contributed by atoms with Gasteiger partial charge in [-0.15, -0.1) is 0 Å². The molecule has 0 spiro atoms. The average molecular weight is 260 g/mol. The molecule has 4 heteroatoms. The van der Waals surface area contributed by atoms with Crippen molar-refractivity contribution in [2.75, 3.05) is 0 Å². The Labute approximate surface area is 113 Å². The molecule has 0 aromatic carbocycles. The molecule has 0 aromatic heterocycles. The van der Waals surface area contributed by atoms with Crippen LogP contribution >= 0.6 is 0 Å². The van der Waals surface area contributed by atoms with Crippen molar-refractivity contribution in [3.05, 3.63) is 35.7 Å². The smallest absolute Gasteiger partial charge is 0.168 e. The Kier molecular flexibility index (Phi) is 3.71. The zero-order valence-electron chi connectivity index (χ0n) is 11.4. The van der Waals surface area contributed by atoms with Crippen molar-refractivity contribution < 1.29 is 9.59 Å². The van der Waals surface area contributed by atoms with Gasteiger partial charge in [0, 0.05) is 30.8 Å². The Morgan fingerprint density at radius 3 is 2.47 bits per heavy atom. The maximum absolute atomic E-state index is 12.0. The number of hydrogen-bond acceptors (Lipinski definition) is 4. The van der Waals surface area contributed by atoms with Gasteiger partial charge < -0.3 is 11.1 Å². The van der Waals surface area contributed by atoms with Gasteiger partial charge in [0.1, 0.15) is 0 Å². The third-order valence-electron chi connectivity index (χ3n) is 3.40. The fraction of sp³-hybridized carbons (Fsp3) is 0.467. The van der Waals surface area contributed by atoms with Gasteiger partial charge >= 0.3 is 0 Å². The van der Waals surface area contributed by atoms with Gasteiger partial charge in [-0.1, -0.05) is 26.0 Å². The zero-order chi connectivity index (χ0) is 14.0. The minimum Gasteiger partial charge on any atom is -0.361 e. The SMILES string of the molecule is CC1(C)CC(=O)C(=CNC2=CCC(N)C=C2)C(=O)C1. The molecular weight excluding hydrogens is 240 g/mol. The second-order valence-corrected chi connectivity index (χ2v) is 5.98. The maximum Gasteiger partial charge on any atom is 0.168 e. The second-order valence-electron chi connectivity index (χ2n) is 5.98. The Morgan fingerprint density at radius 2 is 1.95 bits per heavy atom. The highest BCUT2D eigenvalue weighted by Crippen LogP contribution is 2.33. The van der Waals surface area contributed by atoms with E-state index >= 15 is 0 Å². The van der Waals surface area contributed by atoms with Crippen LogP contribution in [0.25, 0.3) is 0 Å². The Morgan fingerprint density at radius 1 is 1.32 bits per heavy atom. The lowest BCUT2D eigenvalue weighted by molar-refractivity contribution is -0.127. The van der Waals surface area contributed by atoms with Crippen LogP contribution in [-0.2, 0) is 9.59 Å². The normalized spacial score (nSPS) is 26.2. The molecule has 102 valence electrons. The van der Waals surface area contributed by atoms with Gasteiger partial charge in [-0.25, -0.2) is 0 Å². The van der Waals surface area contributed by atoms with Crippen molar-refractivity contribution in [3.8, 4) is 0 Å². The average Bonchev–Trinajstić information content (AvgIpc) is 2.29. The van der Waals surface area contributed by atoms with Gasteiger partial charge in [-0.05, 0) is 17.9 Å². The molecule has 0 saturated heterocycles. The minimum absolute atomic E-state index is 0.0527. The summed E-state index contributed by atoms with van der Waals surface area (Å²) in [7, 11) is 0. The quantitative estimate of drug-likeness (QED) is 0.584. The predicted molar refractivity (Wildman–Crippen MR) is 74.1 cm³/mol. The molecular formula is C15H20N2O2. The number of nitrogens with one attached hydrogen (secondary N) is 1. The molecule has 0 aliphatic heterocycles. The van der Waals surface area contributed by atoms with Crippen molar-refractivity contribution >= 4 is 11.6 Å². The first kappa shape index (κ1) is 13.7. The van der Waals surface area contributed by atoms with Crippen LogP contribution in [0.4, 0.5) is 0 Å². The fourth-order valence-electron chi connectivity index (χ4n) is 2.34. The topological polar surface area (TPSA) is 72.2 Å². The van der Waals surface area contributed by atoms with Gasteiger partial charge in [0.15, 0.2) is 11.6 Å². The van der Waals surface area contributed by atoms with Crippen LogP contribution in [0.3, 0.4) is 0 Å². The highest BCUT2D eigenvalue weighted by Gasteiger charge is 2.35. The largest absolute Gasteiger partial charge is 0.361 e. The highest BCUT2D eigenvalue weighted by molar-refractivity contribution is 6.22. The predicted octanol–water partition coefficient (Wildman–Crippen LogP) is 1.59. The van der Waals surface area contributed by atoms with Crippen LogP contribution in [0.5, 0.6) is 0 Å². The summed E-state index contributed by atoms with van der Waals surface area (Å²) >= 11 is 0. The van der Waals surface area contributed by atoms with E-state index in [1.165, 1.54) is 6.20 Å². The lowest BCUT2D eigenvalue weighted by atomic mass is 9.74. The fourth-order valence-corrected chi connectivity index (χ4v) is 2.34. The summed E-state index contributed by atoms with van der Waals surface area (Å²) in [6.45, 7) is 3.89. The van der Waals surface area contributed by atoms with E-state index in [1.54, 1.807) is 0 Å². The van der Waals surface area contributed by atoms with Gasteiger partial charge in [0.05, 0.1) is 5.57 Å². The van der Waals surface area contributed by atoms with E-state index < -0.39 is 0 Å². The summed E-state index contributed by atoms with van der Waals surface area (Å²) in [4.78, 5) is 23.9. The molecule has 0 aromatic rings. The number of allylic oxidation sites excluding steroid dienone is 2. The van der Waals surface area contributed by atoms with Gasteiger partial charge in [-0.2, -0.15) is 0 Å². The van der Waals surface area contributed by atoms with E-state index in [1.807, 2.05) is 32.1 Å². The number of carbonyl (C=O) groups is 2. The Balaban J connectivity index is 2.06. The number of hydrogen-bond donors (Lipinski definition) is 2. The van der Waals surface area contributed by atoms with Crippen LogP contribution in [0, 0.1) is 5.41 Å². The summed E-state index contributed by atoms with van der Waals surface area (Å²) in [6, 6.07) is 0.0527. The third-order valence-corrected chi connectivity index (χ3v) is 3.40. The molecule has 1 atom stereocenters. The summed E-state index contributed by atoms with van der Waals surface area (Å²) < 4.78 is 0. The Bertz CT molecular complexity index is 476. The van der Waals surface area contributed by atoms with Crippen molar-refractivity contribution in [1.29, 1.82) is 0 Å². The van der Waals surface area contributed by atoms with Crippen molar-refractivity contribution in [2.24, 2.45) is 11.1 Å². The standard InChI is InChI=1S/C15H20N2O2/c1-15(2)7-13(18)12(14(19)8-15)9-17-11-5-3-10(16)4-6-11/h3,5-6,9-10,17H,4,7-8,16H2,1-2H3. The van der Waals surface area contributed by atoms with E-state index in [0.29, 0.717) is 12.8 Å². The minimum atomic E-state index is -0.220. The van der Waals surface area contributed by atoms with Crippen LogP contribution in [0.1, 0.15) is 33.1 Å². The van der Waals surface area contributed by atoms with E-state index in [9.17, 15) is 9.59 Å². The molecule has 2 rings (SSSR count). The molecule has 0 bridgehead atoms. The summed E-state index contributed by atoms with van der Waals surface area (Å²) in [5, 5.41) is 3.02. The lowest BCUT2D eigenvalue weighted by Crippen LogP contribution is -2.32. The molecule has 2 aliphatic carbocycles. The van der Waals surface area contributed by atoms with Crippen LogP contribution in [0.15, 0.2) is 35.7 Å². The molecule has 4 nitrogen and oxygen atoms in total. The first-order chi connectivity index (χ1) is 8.87. The van der Waals surface area contributed by atoms with E-state index in [4.69, 9.17) is 5.73 Å². The summed E-state index contributed by atoms with van der Waals surface area (Å²) in [6.07, 6.45) is 8.87. The molecule has 3 N–H and O–H groups in total. The second kappa shape index (κ2) is 5.13. The zero-order valence-corrected chi connectivity index (χ0v) is 11.4. The van der Waals surface area contributed by atoms with Crippen LogP contribution < -0.4 is 11.1 Å². The van der Waals surface area contributed by atoms with Gasteiger partial charge in [-0.3, -0.25) is 9.59 Å². The number of Topliss-reactive ketones (excluding diaryl/α,β-unsaturated/α-hetero) is 2. The first-order valence-electron chi connectivity index (χ1n) is 6.54.